The van der Waals surface area contributed by atoms with Gasteiger partial charge in [-0.25, -0.2) is 0 Å². The number of nitriles is 1. The summed E-state index contributed by atoms with van der Waals surface area (Å²) in [7, 11) is 0. The highest BCUT2D eigenvalue weighted by atomic mass is 16.2. The van der Waals surface area contributed by atoms with E-state index < -0.39 is 0 Å². The fourth-order valence-electron chi connectivity index (χ4n) is 1.30. The summed E-state index contributed by atoms with van der Waals surface area (Å²) in [5, 5.41) is 11.3. The smallest absolute Gasteiger partial charge is 0.251 e. The Morgan fingerprint density at radius 1 is 1.41 bits per heavy atom. The Bertz CT molecular complexity index is 463. The van der Waals surface area contributed by atoms with Gasteiger partial charge >= 0.3 is 0 Å². The van der Waals surface area contributed by atoms with Crippen molar-refractivity contribution < 1.29 is 9.59 Å². The summed E-state index contributed by atoms with van der Waals surface area (Å²) in [6.45, 7) is 0.387. The van der Waals surface area contributed by atoms with Gasteiger partial charge in [-0.3, -0.25) is 9.59 Å². The van der Waals surface area contributed by atoms with Crippen molar-refractivity contribution in [1.82, 2.24) is 5.32 Å². The summed E-state index contributed by atoms with van der Waals surface area (Å²) in [5.74, 6) is -0.641. The zero-order valence-electron chi connectivity index (χ0n) is 9.27. The van der Waals surface area contributed by atoms with Gasteiger partial charge < -0.3 is 11.1 Å². The summed E-state index contributed by atoms with van der Waals surface area (Å²) in [5.41, 5.74) is 5.84. The lowest BCUT2D eigenvalue weighted by atomic mass is 10.1. The molecule has 1 rings (SSSR count). The van der Waals surface area contributed by atoms with Crippen molar-refractivity contribution in [1.29, 1.82) is 5.26 Å². The van der Waals surface area contributed by atoms with E-state index in [9.17, 15) is 9.59 Å². The van der Waals surface area contributed by atoms with Crippen LogP contribution >= 0.6 is 0 Å². The van der Waals surface area contributed by atoms with Crippen molar-refractivity contribution >= 4 is 11.8 Å². The van der Waals surface area contributed by atoms with Gasteiger partial charge in [0.1, 0.15) is 0 Å². The zero-order chi connectivity index (χ0) is 12.7. The molecule has 0 bridgehead atoms. The first-order valence-electron chi connectivity index (χ1n) is 5.20. The molecular weight excluding hydrogens is 218 g/mol. The van der Waals surface area contributed by atoms with Crippen LogP contribution in [-0.4, -0.2) is 18.4 Å². The van der Waals surface area contributed by atoms with E-state index in [4.69, 9.17) is 11.0 Å². The average Bonchev–Trinajstić information content (AvgIpc) is 2.34. The van der Waals surface area contributed by atoms with Crippen LogP contribution in [0.15, 0.2) is 24.3 Å². The van der Waals surface area contributed by atoms with Crippen LogP contribution in [0.1, 0.15) is 28.8 Å². The molecule has 5 nitrogen and oxygen atoms in total. The fourth-order valence-corrected chi connectivity index (χ4v) is 1.30. The molecule has 0 aliphatic rings. The summed E-state index contributed by atoms with van der Waals surface area (Å²) >= 11 is 0. The largest absolute Gasteiger partial charge is 0.370 e. The third-order valence-corrected chi connectivity index (χ3v) is 2.14. The molecule has 0 atom stereocenters. The van der Waals surface area contributed by atoms with Crippen LogP contribution in [0.25, 0.3) is 0 Å². The Morgan fingerprint density at radius 2 is 2.18 bits per heavy atom. The number of carbonyl (C=O) groups excluding carboxylic acids is 2. The molecule has 0 aromatic heterocycles. The zero-order valence-corrected chi connectivity index (χ0v) is 9.27. The molecule has 1 aromatic carbocycles. The molecule has 88 valence electrons. The highest BCUT2D eigenvalue weighted by Crippen LogP contribution is 2.03. The van der Waals surface area contributed by atoms with Gasteiger partial charge in [-0.1, -0.05) is 6.07 Å². The lowest BCUT2D eigenvalue weighted by Gasteiger charge is -2.04. The van der Waals surface area contributed by atoms with Crippen molar-refractivity contribution in [2.45, 2.75) is 12.8 Å². The van der Waals surface area contributed by atoms with E-state index in [1.807, 2.05) is 6.07 Å². The highest BCUT2D eigenvalue weighted by molar-refractivity contribution is 5.94. The Hall–Kier alpha value is -2.35. The van der Waals surface area contributed by atoms with Crippen LogP contribution in [0, 0.1) is 11.3 Å². The molecule has 1 aromatic rings. The molecule has 3 N–H and O–H groups in total. The standard InChI is InChI=1S/C12H13N3O2/c13-8-9-3-1-4-10(7-9)12(17)15-6-2-5-11(14)16/h1,3-4,7H,2,5-6H2,(H2,14,16)(H,15,17). The van der Waals surface area contributed by atoms with Crippen molar-refractivity contribution in [2.75, 3.05) is 6.54 Å². The van der Waals surface area contributed by atoms with Gasteiger partial charge in [0.05, 0.1) is 11.6 Å². The maximum atomic E-state index is 11.6. The number of primary amides is 1. The molecule has 17 heavy (non-hydrogen) atoms. The molecular formula is C12H13N3O2. The molecule has 0 unspecified atom stereocenters. The van der Waals surface area contributed by atoms with E-state index in [-0.39, 0.29) is 18.2 Å². The summed E-state index contributed by atoms with van der Waals surface area (Å²) < 4.78 is 0. The van der Waals surface area contributed by atoms with Crippen LogP contribution in [0.2, 0.25) is 0 Å². The van der Waals surface area contributed by atoms with E-state index in [1.165, 1.54) is 6.07 Å². The lowest BCUT2D eigenvalue weighted by Crippen LogP contribution is -2.25. The number of rotatable bonds is 5. The predicted molar refractivity (Wildman–Crippen MR) is 61.9 cm³/mol. The Kier molecular flexibility index (Phi) is 4.70. The fraction of sp³-hybridized carbons (Fsp3) is 0.250. The Balaban J connectivity index is 2.47. The number of hydrogen-bond donors (Lipinski definition) is 2. The molecule has 5 heteroatoms. The molecule has 0 heterocycles. The number of hydrogen-bond acceptors (Lipinski definition) is 3. The van der Waals surface area contributed by atoms with Crippen LogP contribution < -0.4 is 11.1 Å². The minimum atomic E-state index is -0.384. The van der Waals surface area contributed by atoms with Gasteiger partial charge in [-0.05, 0) is 24.6 Å². The molecule has 0 aliphatic carbocycles. The van der Waals surface area contributed by atoms with E-state index >= 15 is 0 Å². The normalized spacial score (nSPS) is 9.35. The van der Waals surface area contributed by atoms with Crippen LogP contribution in [0.4, 0.5) is 0 Å². The third-order valence-electron chi connectivity index (χ3n) is 2.14. The molecule has 0 saturated heterocycles. The lowest BCUT2D eigenvalue weighted by molar-refractivity contribution is -0.118. The van der Waals surface area contributed by atoms with Gasteiger partial charge in [0.25, 0.3) is 5.91 Å². The minimum Gasteiger partial charge on any atom is -0.370 e. The van der Waals surface area contributed by atoms with E-state index in [2.05, 4.69) is 5.32 Å². The third kappa shape index (κ3) is 4.34. The van der Waals surface area contributed by atoms with Gasteiger partial charge in [0, 0.05) is 18.5 Å². The number of nitrogens with zero attached hydrogens (tertiary/aromatic N) is 1. The number of nitrogens with two attached hydrogens (primary N) is 1. The van der Waals surface area contributed by atoms with Crippen molar-refractivity contribution in [2.24, 2.45) is 5.73 Å². The molecule has 2 amide bonds. The number of nitrogens with one attached hydrogen (secondary N) is 1. The van der Waals surface area contributed by atoms with Gasteiger partial charge in [-0.2, -0.15) is 5.26 Å². The van der Waals surface area contributed by atoms with Crippen LogP contribution in [0.5, 0.6) is 0 Å². The number of amides is 2. The van der Waals surface area contributed by atoms with Crippen molar-refractivity contribution in [3.8, 4) is 6.07 Å². The van der Waals surface area contributed by atoms with Crippen LogP contribution in [0.3, 0.4) is 0 Å². The van der Waals surface area contributed by atoms with Crippen molar-refractivity contribution in [3.63, 3.8) is 0 Å². The van der Waals surface area contributed by atoms with E-state index in [0.717, 1.165) is 0 Å². The molecule has 0 spiro atoms. The van der Waals surface area contributed by atoms with Gasteiger partial charge in [0.2, 0.25) is 5.91 Å². The second kappa shape index (κ2) is 6.28. The molecule has 0 aliphatic heterocycles. The minimum absolute atomic E-state index is 0.249. The quantitative estimate of drug-likeness (QED) is 0.724. The molecule has 0 radical (unpaired) electrons. The van der Waals surface area contributed by atoms with E-state index in [0.29, 0.717) is 24.1 Å². The monoisotopic (exact) mass is 231 g/mol. The van der Waals surface area contributed by atoms with Crippen molar-refractivity contribution in [3.05, 3.63) is 35.4 Å². The average molecular weight is 231 g/mol. The Morgan fingerprint density at radius 3 is 2.82 bits per heavy atom. The Labute approximate surface area is 99.2 Å². The summed E-state index contributed by atoms with van der Waals surface area (Å²) in [6, 6.07) is 8.39. The first-order valence-corrected chi connectivity index (χ1v) is 5.20. The maximum absolute atomic E-state index is 11.6. The topological polar surface area (TPSA) is 96.0 Å². The molecule has 0 fully saturated rings. The second-order valence-electron chi connectivity index (χ2n) is 3.52. The van der Waals surface area contributed by atoms with Gasteiger partial charge in [0.15, 0.2) is 0 Å². The van der Waals surface area contributed by atoms with Crippen LogP contribution in [-0.2, 0) is 4.79 Å². The maximum Gasteiger partial charge on any atom is 0.251 e. The highest BCUT2D eigenvalue weighted by Gasteiger charge is 2.05. The number of benzene rings is 1. The summed E-state index contributed by atoms with van der Waals surface area (Å²) in [6.07, 6.45) is 0.761. The SMILES string of the molecule is N#Cc1cccc(C(=O)NCCCC(N)=O)c1. The first-order chi connectivity index (χ1) is 8.13. The summed E-state index contributed by atoms with van der Waals surface area (Å²) in [4.78, 5) is 22.1. The van der Waals surface area contributed by atoms with E-state index in [1.54, 1.807) is 18.2 Å². The molecule has 0 saturated carbocycles. The predicted octanol–water partition coefficient (Wildman–Crippen LogP) is 0.554. The first kappa shape index (κ1) is 12.7. The number of carbonyl (C=O) groups is 2. The van der Waals surface area contributed by atoms with Gasteiger partial charge in [-0.15, -0.1) is 0 Å². The second-order valence-corrected chi connectivity index (χ2v) is 3.52.